The van der Waals surface area contributed by atoms with Crippen LogP contribution in [0.3, 0.4) is 0 Å². The molecule has 0 aliphatic rings. The molecule has 0 aliphatic heterocycles. The second kappa shape index (κ2) is 6.96. The lowest BCUT2D eigenvalue weighted by atomic mass is 10.2. The predicted octanol–water partition coefficient (Wildman–Crippen LogP) is 2.92. The van der Waals surface area contributed by atoms with Gasteiger partial charge in [-0.2, -0.15) is 5.10 Å². The standard InChI is InChI=1S/C15H22ClN5O/c1-6-10-13(16)18-9(3)19-14(10)17-8-11-12(7-2)20-21(4)15(11)22-5/h6-8H2,1-5H3,(H,17,18,19). The van der Waals surface area contributed by atoms with Crippen LogP contribution in [0, 0.1) is 6.92 Å². The molecular weight excluding hydrogens is 302 g/mol. The van der Waals surface area contributed by atoms with Crippen molar-refractivity contribution in [2.24, 2.45) is 7.05 Å². The zero-order valence-electron chi connectivity index (χ0n) is 13.7. The maximum atomic E-state index is 6.21. The summed E-state index contributed by atoms with van der Waals surface area (Å²) in [5, 5.41) is 8.34. The van der Waals surface area contributed by atoms with E-state index >= 15 is 0 Å². The Hall–Kier alpha value is -1.82. The summed E-state index contributed by atoms with van der Waals surface area (Å²) in [5.41, 5.74) is 2.98. The first-order valence-corrected chi connectivity index (χ1v) is 7.75. The highest BCUT2D eigenvalue weighted by atomic mass is 35.5. The Morgan fingerprint density at radius 1 is 1.18 bits per heavy atom. The van der Waals surface area contributed by atoms with Crippen LogP contribution in [0.5, 0.6) is 5.88 Å². The van der Waals surface area contributed by atoms with Crippen LogP contribution < -0.4 is 10.1 Å². The van der Waals surface area contributed by atoms with E-state index in [1.54, 1.807) is 11.8 Å². The molecule has 2 heterocycles. The van der Waals surface area contributed by atoms with Crippen LogP contribution in [0.25, 0.3) is 0 Å². The fourth-order valence-corrected chi connectivity index (χ4v) is 2.86. The highest BCUT2D eigenvalue weighted by molar-refractivity contribution is 6.30. The molecule has 22 heavy (non-hydrogen) atoms. The quantitative estimate of drug-likeness (QED) is 0.828. The summed E-state index contributed by atoms with van der Waals surface area (Å²) in [4.78, 5) is 8.67. The number of anilines is 1. The van der Waals surface area contributed by atoms with E-state index in [4.69, 9.17) is 16.3 Å². The number of aromatic nitrogens is 4. The van der Waals surface area contributed by atoms with Gasteiger partial charge in [0.1, 0.15) is 16.8 Å². The molecule has 0 aromatic carbocycles. The van der Waals surface area contributed by atoms with Crippen molar-refractivity contribution in [2.75, 3.05) is 12.4 Å². The third kappa shape index (κ3) is 3.16. The molecule has 0 atom stereocenters. The summed E-state index contributed by atoms with van der Waals surface area (Å²) in [7, 11) is 3.54. The summed E-state index contributed by atoms with van der Waals surface area (Å²) >= 11 is 6.21. The van der Waals surface area contributed by atoms with Gasteiger partial charge in [-0.3, -0.25) is 0 Å². The van der Waals surface area contributed by atoms with Gasteiger partial charge in [-0.25, -0.2) is 14.6 Å². The molecular formula is C15H22ClN5O. The first-order chi connectivity index (χ1) is 10.5. The summed E-state index contributed by atoms with van der Waals surface area (Å²) in [5.74, 6) is 2.19. The van der Waals surface area contributed by atoms with Gasteiger partial charge >= 0.3 is 0 Å². The van der Waals surface area contributed by atoms with Crippen molar-refractivity contribution in [1.29, 1.82) is 0 Å². The highest BCUT2D eigenvalue weighted by Crippen LogP contribution is 2.26. The third-order valence-electron chi connectivity index (χ3n) is 3.55. The average molecular weight is 324 g/mol. The maximum Gasteiger partial charge on any atom is 0.216 e. The van der Waals surface area contributed by atoms with Gasteiger partial charge in [0.05, 0.1) is 18.4 Å². The Balaban J connectivity index is 2.31. The average Bonchev–Trinajstić information content (AvgIpc) is 2.79. The monoisotopic (exact) mass is 323 g/mol. The van der Waals surface area contributed by atoms with Gasteiger partial charge in [-0.1, -0.05) is 25.4 Å². The van der Waals surface area contributed by atoms with Crippen molar-refractivity contribution in [2.45, 2.75) is 40.2 Å². The highest BCUT2D eigenvalue weighted by Gasteiger charge is 2.17. The van der Waals surface area contributed by atoms with Crippen LogP contribution >= 0.6 is 11.6 Å². The molecule has 0 spiro atoms. The number of ether oxygens (including phenoxy) is 1. The van der Waals surface area contributed by atoms with E-state index in [0.717, 1.165) is 41.4 Å². The smallest absolute Gasteiger partial charge is 0.216 e. The first kappa shape index (κ1) is 16.5. The molecule has 120 valence electrons. The van der Waals surface area contributed by atoms with Crippen molar-refractivity contribution in [3.05, 3.63) is 27.8 Å². The number of halogens is 1. The van der Waals surface area contributed by atoms with Crippen molar-refractivity contribution in [1.82, 2.24) is 19.7 Å². The minimum atomic E-state index is 0.506. The number of hydrogen-bond donors (Lipinski definition) is 1. The molecule has 2 aromatic heterocycles. The normalized spacial score (nSPS) is 10.8. The molecule has 6 nitrogen and oxygen atoms in total. The van der Waals surface area contributed by atoms with Crippen molar-refractivity contribution in [3.8, 4) is 5.88 Å². The van der Waals surface area contributed by atoms with E-state index in [-0.39, 0.29) is 0 Å². The van der Waals surface area contributed by atoms with Gasteiger partial charge in [0.2, 0.25) is 5.88 Å². The molecule has 7 heteroatoms. The lowest BCUT2D eigenvalue weighted by Gasteiger charge is -2.12. The summed E-state index contributed by atoms with van der Waals surface area (Å²) in [6.07, 6.45) is 1.62. The number of nitrogens with one attached hydrogen (secondary N) is 1. The Bertz CT molecular complexity index is 668. The van der Waals surface area contributed by atoms with Crippen molar-refractivity contribution >= 4 is 17.4 Å². The fourth-order valence-electron chi connectivity index (χ4n) is 2.52. The summed E-state index contributed by atoms with van der Waals surface area (Å²) < 4.78 is 7.21. The molecule has 2 rings (SSSR count). The lowest BCUT2D eigenvalue weighted by Crippen LogP contribution is -2.09. The van der Waals surface area contributed by atoms with E-state index in [2.05, 4.69) is 27.3 Å². The summed E-state index contributed by atoms with van der Waals surface area (Å²) in [6.45, 7) is 6.53. The van der Waals surface area contributed by atoms with Gasteiger partial charge in [-0.15, -0.1) is 0 Å². The zero-order valence-corrected chi connectivity index (χ0v) is 14.5. The molecule has 0 saturated carbocycles. The Labute approximate surface area is 135 Å². The first-order valence-electron chi connectivity index (χ1n) is 7.37. The Morgan fingerprint density at radius 3 is 2.50 bits per heavy atom. The molecule has 0 bridgehead atoms. The van der Waals surface area contributed by atoms with Gasteiger partial charge < -0.3 is 10.1 Å². The maximum absolute atomic E-state index is 6.21. The molecule has 1 N–H and O–H groups in total. The van der Waals surface area contributed by atoms with E-state index in [9.17, 15) is 0 Å². The van der Waals surface area contributed by atoms with Crippen LogP contribution in [0.1, 0.15) is 36.5 Å². The number of nitrogens with zero attached hydrogens (tertiary/aromatic N) is 4. The molecule has 0 radical (unpaired) electrons. The van der Waals surface area contributed by atoms with Gasteiger partial charge in [0.25, 0.3) is 0 Å². The van der Waals surface area contributed by atoms with Crippen LogP contribution in [-0.2, 0) is 26.4 Å². The van der Waals surface area contributed by atoms with Crippen LogP contribution in [0.4, 0.5) is 5.82 Å². The Morgan fingerprint density at radius 2 is 1.91 bits per heavy atom. The van der Waals surface area contributed by atoms with Crippen LogP contribution in [-0.4, -0.2) is 26.9 Å². The molecule has 0 saturated heterocycles. The van der Waals surface area contributed by atoms with E-state index in [1.807, 2.05) is 20.9 Å². The molecule has 0 aliphatic carbocycles. The second-order valence-electron chi connectivity index (χ2n) is 5.01. The summed E-state index contributed by atoms with van der Waals surface area (Å²) in [6, 6.07) is 0. The number of methoxy groups -OCH3 is 1. The lowest BCUT2D eigenvalue weighted by molar-refractivity contribution is 0.369. The van der Waals surface area contributed by atoms with Gasteiger partial charge in [0.15, 0.2) is 0 Å². The molecule has 2 aromatic rings. The van der Waals surface area contributed by atoms with Crippen molar-refractivity contribution in [3.63, 3.8) is 0 Å². The fraction of sp³-hybridized carbons (Fsp3) is 0.533. The second-order valence-corrected chi connectivity index (χ2v) is 5.37. The van der Waals surface area contributed by atoms with Gasteiger partial charge in [-0.05, 0) is 19.8 Å². The van der Waals surface area contributed by atoms with E-state index in [1.165, 1.54) is 0 Å². The van der Waals surface area contributed by atoms with E-state index in [0.29, 0.717) is 17.5 Å². The number of aryl methyl sites for hydroxylation is 3. The van der Waals surface area contributed by atoms with Crippen LogP contribution in [0.15, 0.2) is 0 Å². The zero-order chi connectivity index (χ0) is 16.3. The molecule has 0 fully saturated rings. The predicted molar refractivity (Wildman–Crippen MR) is 87.6 cm³/mol. The minimum Gasteiger partial charge on any atom is -0.481 e. The SMILES string of the molecule is CCc1nn(C)c(OC)c1CNc1nc(C)nc(Cl)c1CC. The third-order valence-corrected chi connectivity index (χ3v) is 3.87. The van der Waals surface area contributed by atoms with Crippen LogP contribution in [0.2, 0.25) is 5.15 Å². The largest absolute Gasteiger partial charge is 0.481 e. The minimum absolute atomic E-state index is 0.506. The van der Waals surface area contributed by atoms with Crippen molar-refractivity contribution < 1.29 is 4.74 Å². The van der Waals surface area contributed by atoms with Gasteiger partial charge in [0, 0.05) is 19.2 Å². The number of hydrogen-bond acceptors (Lipinski definition) is 5. The number of rotatable bonds is 6. The molecule has 0 unspecified atom stereocenters. The Kier molecular flexibility index (Phi) is 5.24. The topological polar surface area (TPSA) is 64.9 Å². The van der Waals surface area contributed by atoms with E-state index < -0.39 is 0 Å². The molecule has 0 amide bonds.